The maximum absolute atomic E-state index is 5.97. The number of anilines is 2. The van der Waals surface area contributed by atoms with E-state index in [9.17, 15) is 0 Å². The van der Waals surface area contributed by atoms with Gasteiger partial charge in [-0.1, -0.05) is 12.1 Å². The van der Waals surface area contributed by atoms with E-state index in [2.05, 4.69) is 32.4 Å². The van der Waals surface area contributed by atoms with Gasteiger partial charge in [0.1, 0.15) is 18.2 Å². The molecule has 1 aromatic carbocycles. The average Bonchev–Trinajstić information content (AvgIpc) is 3.03. The first-order chi connectivity index (χ1) is 12.2. The van der Waals surface area contributed by atoms with Crippen molar-refractivity contribution < 1.29 is 4.74 Å². The van der Waals surface area contributed by atoms with Gasteiger partial charge in [-0.2, -0.15) is 5.10 Å². The molecule has 3 rings (SSSR count). The predicted molar refractivity (Wildman–Crippen MR) is 104 cm³/mol. The van der Waals surface area contributed by atoms with Crippen LogP contribution in [0.2, 0.25) is 0 Å². The first kappa shape index (κ1) is 17.7. The normalized spacial score (nSPS) is 16.4. The molecule has 0 radical (unpaired) electrons. The van der Waals surface area contributed by atoms with Crippen molar-refractivity contribution in [2.45, 2.75) is 0 Å². The van der Waals surface area contributed by atoms with E-state index in [1.807, 2.05) is 24.3 Å². The zero-order chi connectivity index (χ0) is 17.5. The Labute approximate surface area is 152 Å². The van der Waals surface area contributed by atoms with Crippen LogP contribution in [0.1, 0.15) is 5.56 Å². The minimum absolute atomic E-state index is 0.496. The molecule has 0 unspecified atom stereocenters. The fourth-order valence-electron chi connectivity index (χ4n) is 2.57. The highest BCUT2D eigenvalue weighted by Crippen LogP contribution is 2.18. The number of rotatable bonds is 7. The Morgan fingerprint density at radius 2 is 2.12 bits per heavy atom. The Balaban J connectivity index is 1.50. The summed E-state index contributed by atoms with van der Waals surface area (Å²) in [5.74, 6) is 1.33. The molecule has 7 nitrogen and oxygen atoms in total. The van der Waals surface area contributed by atoms with Crippen molar-refractivity contribution in [1.82, 2.24) is 14.8 Å². The van der Waals surface area contributed by atoms with E-state index in [1.54, 1.807) is 11.6 Å². The van der Waals surface area contributed by atoms with Gasteiger partial charge in [-0.15, -0.1) is 11.3 Å². The maximum atomic E-state index is 5.97. The molecular weight excluding hydrogens is 336 g/mol. The number of ether oxygens (including phenoxy) is 1. The summed E-state index contributed by atoms with van der Waals surface area (Å²) in [6.45, 7) is 6.06. The second kappa shape index (κ2) is 8.80. The number of hydrogen-bond acceptors (Lipinski definition) is 8. The second-order valence-corrected chi connectivity index (χ2v) is 6.84. The molecule has 0 amide bonds. The third kappa shape index (κ3) is 5.42. The summed E-state index contributed by atoms with van der Waals surface area (Å²) in [7, 11) is 2.16. The van der Waals surface area contributed by atoms with Crippen molar-refractivity contribution in [3.8, 4) is 5.75 Å². The predicted octanol–water partition coefficient (Wildman–Crippen LogP) is 1.80. The van der Waals surface area contributed by atoms with Gasteiger partial charge in [0, 0.05) is 43.7 Å². The van der Waals surface area contributed by atoms with Gasteiger partial charge in [0.25, 0.3) is 0 Å². The van der Waals surface area contributed by atoms with E-state index < -0.39 is 0 Å². The van der Waals surface area contributed by atoms with E-state index >= 15 is 0 Å². The van der Waals surface area contributed by atoms with Crippen LogP contribution in [-0.2, 0) is 0 Å². The van der Waals surface area contributed by atoms with E-state index in [0.29, 0.717) is 17.6 Å². The number of piperazine rings is 1. The number of nitrogens with one attached hydrogen (secondary N) is 1. The molecule has 0 aliphatic carbocycles. The minimum atomic E-state index is 0.496. The highest BCUT2D eigenvalue weighted by atomic mass is 32.1. The number of para-hydroxylation sites is 1. The molecule has 0 atom stereocenters. The van der Waals surface area contributed by atoms with E-state index in [-0.39, 0.29) is 0 Å². The second-order valence-electron chi connectivity index (χ2n) is 5.98. The summed E-state index contributed by atoms with van der Waals surface area (Å²) >= 11 is 1.42. The molecule has 2 aromatic rings. The molecule has 0 spiro atoms. The number of hydrazone groups is 1. The van der Waals surface area contributed by atoms with Crippen LogP contribution in [-0.4, -0.2) is 67.4 Å². The molecule has 1 saturated heterocycles. The first-order valence-corrected chi connectivity index (χ1v) is 9.21. The number of benzene rings is 1. The van der Waals surface area contributed by atoms with Gasteiger partial charge in [-0.25, -0.2) is 4.98 Å². The molecular formula is C17H24N6OS. The van der Waals surface area contributed by atoms with Gasteiger partial charge in [0.05, 0.1) is 6.21 Å². The quantitative estimate of drug-likeness (QED) is 0.579. The molecule has 1 aromatic heterocycles. The Hall–Kier alpha value is -2.16. The zero-order valence-electron chi connectivity index (χ0n) is 14.4. The van der Waals surface area contributed by atoms with Gasteiger partial charge in [-0.05, 0) is 19.2 Å². The largest absolute Gasteiger partial charge is 0.492 e. The molecule has 134 valence electrons. The molecule has 0 saturated carbocycles. The zero-order valence-corrected chi connectivity index (χ0v) is 15.2. The smallest absolute Gasteiger partial charge is 0.205 e. The number of nitrogens with two attached hydrogens (primary N) is 1. The number of nitrogen functional groups attached to an aromatic ring is 1. The molecule has 25 heavy (non-hydrogen) atoms. The van der Waals surface area contributed by atoms with Crippen LogP contribution in [0.5, 0.6) is 5.75 Å². The van der Waals surface area contributed by atoms with Gasteiger partial charge in [-0.3, -0.25) is 10.3 Å². The van der Waals surface area contributed by atoms with Gasteiger partial charge < -0.3 is 15.4 Å². The summed E-state index contributed by atoms with van der Waals surface area (Å²) in [4.78, 5) is 8.89. The fourth-order valence-corrected chi connectivity index (χ4v) is 3.12. The van der Waals surface area contributed by atoms with E-state index in [0.717, 1.165) is 44.0 Å². The van der Waals surface area contributed by atoms with Crippen molar-refractivity contribution in [3.05, 3.63) is 35.2 Å². The Morgan fingerprint density at radius 3 is 2.88 bits per heavy atom. The van der Waals surface area contributed by atoms with Crippen molar-refractivity contribution in [3.63, 3.8) is 0 Å². The Kier molecular flexibility index (Phi) is 6.21. The minimum Gasteiger partial charge on any atom is -0.492 e. The SMILES string of the molecule is CN1CCN(CCOc2ccccc2C=NNc2nc(N)cs2)CC1. The maximum Gasteiger partial charge on any atom is 0.205 e. The summed E-state index contributed by atoms with van der Waals surface area (Å²) in [6.07, 6.45) is 1.74. The van der Waals surface area contributed by atoms with Crippen LogP contribution in [0.3, 0.4) is 0 Å². The van der Waals surface area contributed by atoms with Gasteiger partial charge in [0.15, 0.2) is 0 Å². The standard InChI is InChI=1S/C17H24N6OS/c1-22-6-8-23(9-7-22)10-11-24-15-5-3-2-4-14(15)12-19-21-17-20-16(18)13-25-17/h2-5,12-13H,6-11,18H2,1H3,(H,20,21). The lowest BCUT2D eigenvalue weighted by Gasteiger charge is -2.32. The molecule has 0 bridgehead atoms. The topological polar surface area (TPSA) is 79.0 Å². The van der Waals surface area contributed by atoms with Crippen molar-refractivity contribution in [2.24, 2.45) is 5.10 Å². The molecule has 1 aliphatic heterocycles. The highest BCUT2D eigenvalue weighted by Gasteiger charge is 2.13. The third-order valence-electron chi connectivity index (χ3n) is 4.07. The molecule has 8 heteroatoms. The molecule has 1 fully saturated rings. The summed E-state index contributed by atoms with van der Waals surface area (Å²) in [5, 5.41) is 6.65. The summed E-state index contributed by atoms with van der Waals surface area (Å²) in [6, 6.07) is 7.88. The number of thiazole rings is 1. The van der Waals surface area contributed by atoms with Crippen molar-refractivity contribution >= 4 is 28.5 Å². The number of aromatic nitrogens is 1. The Bertz CT molecular complexity index is 696. The van der Waals surface area contributed by atoms with Crippen LogP contribution in [0.4, 0.5) is 10.9 Å². The van der Waals surface area contributed by atoms with Crippen LogP contribution >= 0.6 is 11.3 Å². The van der Waals surface area contributed by atoms with Gasteiger partial charge >= 0.3 is 0 Å². The number of hydrogen-bond donors (Lipinski definition) is 2. The van der Waals surface area contributed by atoms with Crippen LogP contribution in [0, 0.1) is 0 Å². The molecule has 2 heterocycles. The monoisotopic (exact) mass is 360 g/mol. The van der Waals surface area contributed by atoms with Crippen molar-refractivity contribution in [2.75, 3.05) is 57.5 Å². The lowest BCUT2D eigenvalue weighted by molar-refractivity contribution is 0.133. The lowest BCUT2D eigenvalue weighted by Crippen LogP contribution is -2.45. The summed E-state index contributed by atoms with van der Waals surface area (Å²) < 4.78 is 5.97. The van der Waals surface area contributed by atoms with Crippen LogP contribution in [0.15, 0.2) is 34.7 Å². The third-order valence-corrected chi connectivity index (χ3v) is 4.83. The molecule has 3 N–H and O–H groups in total. The van der Waals surface area contributed by atoms with Crippen LogP contribution < -0.4 is 15.9 Å². The average molecular weight is 360 g/mol. The van der Waals surface area contributed by atoms with E-state index in [1.165, 1.54) is 11.3 Å². The highest BCUT2D eigenvalue weighted by molar-refractivity contribution is 7.14. The Morgan fingerprint density at radius 1 is 1.32 bits per heavy atom. The first-order valence-electron chi connectivity index (χ1n) is 8.33. The lowest BCUT2D eigenvalue weighted by atomic mass is 10.2. The van der Waals surface area contributed by atoms with Crippen LogP contribution in [0.25, 0.3) is 0 Å². The fraction of sp³-hybridized carbons (Fsp3) is 0.412. The molecule has 1 aliphatic rings. The van der Waals surface area contributed by atoms with E-state index in [4.69, 9.17) is 10.5 Å². The van der Waals surface area contributed by atoms with Crippen molar-refractivity contribution in [1.29, 1.82) is 0 Å². The number of likely N-dealkylation sites (N-methyl/N-ethyl adjacent to an activating group) is 1. The number of nitrogens with zero attached hydrogens (tertiary/aromatic N) is 4. The summed E-state index contributed by atoms with van der Waals surface area (Å²) in [5.41, 5.74) is 9.40. The van der Waals surface area contributed by atoms with Gasteiger partial charge in [0.2, 0.25) is 5.13 Å².